The Balaban J connectivity index is 1.58. The molecular formula is C22H23N5O4S2. The van der Waals surface area contributed by atoms with Crippen molar-refractivity contribution in [3.63, 3.8) is 0 Å². The molecule has 0 saturated heterocycles. The summed E-state index contributed by atoms with van der Waals surface area (Å²) in [5.41, 5.74) is 1.09. The fraction of sp³-hybridized carbons (Fsp3) is 0.318. The quantitative estimate of drug-likeness (QED) is 0.289. The molecule has 11 heteroatoms. The summed E-state index contributed by atoms with van der Waals surface area (Å²) >= 11 is 2.47. The smallest absolute Gasteiger partial charge is 0.348 e. The van der Waals surface area contributed by atoms with Crippen LogP contribution >= 0.6 is 23.1 Å². The summed E-state index contributed by atoms with van der Waals surface area (Å²) in [6.07, 6.45) is 0.689. The van der Waals surface area contributed by atoms with Crippen molar-refractivity contribution < 1.29 is 9.53 Å². The summed E-state index contributed by atoms with van der Waals surface area (Å²) in [6, 6.07) is 9.90. The Bertz CT molecular complexity index is 1400. The number of esters is 1. The maximum absolute atomic E-state index is 12.8. The zero-order valence-electron chi connectivity index (χ0n) is 18.4. The number of H-pyrrole nitrogens is 2. The Morgan fingerprint density at radius 2 is 2.03 bits per heavy atom. The largest absolute Gasteiger partial charge is 0.462 e. The van der Waals surface area contributed by atoms with Crippen molar-refractivity contribution in [3.8, 4) is 0 Å². The molecule has 1 aromatic carbocycles. The fourth-order valence-electron chi connectivity index (χ4n) is 3.43. The third-order valence-corrected chi connectivity index (χ3v) is 7.40. The molecule has 4 rings (SSSR count). The number of carbonyl (C=O) groups excluding carboxylic acids is 1. The number of ether oxygens (including phenoxy) is 1. The first kappa shape index (κ1) is 23.0. The predicted molar refractivity (Wildman–Crippen MR) is 128 cm³/mol. The van der Waals surface area contributed by atoms with E-state index in [0.717, 1.165) is 16.9 Å². The second-order valence-electron chi connectivity index (χ2n) is 7.37. The van der Waals surface area contributed by atoms with Gasteiger partial charge in [-0.3, -0.25) is 9.36 Å². The van der Waals surface area contributed by atoms with Gasteiger partial charge >= 0.3 is 11.7 Å². The number of aromatic nitrogens is 5. The molecule has 0 aliphatic rings. The molecule has 1 atom stereocenters. The van der Waals surface area contributed by atoms with Gasteiger partial charge in [0.2, 0.25) is 0 Å². The minimum atomic E-state index is -0.458. The summed E-state index contributed by atoms with van der Waals surface area (Å²) in [4.78, 5) is 45.5. The lowest BCUT2D eigenvalue weighted by atomic mass is 10.1. The van der Waals surface area contributed by atoms with Gasteiger partial charge in [-0.25, -0.2) is 19.7 Å². The predicted octanol–water partition coefficient (Wildman–Crippen LogP) is 3.45. The number of rotatable bonds is 8. The lowest BCUT2D eigenvalue weighted by Crippen LogP contribution is -2.19. The molecule has 33 heavy (non-hydrogen) atoms. The van der Waals surface area contributed by atoms with Gasteiger partial charge in [-0.05, 0) is 38.3 Å². The van der Waals surface area contributed by atoms with Gasteiger partial charge in [0.25, 0.3) is 5.56 Å². The molecule has 1 unspecified atom stereocenters. The van der Waals surface area contributed by atoms with Crippen LogP contribution in [0, 0.1) is 6.92 Å². The minimum absolute atomic E-state index is 0.255. The third-order valence-electron chi connectivity index (χ3n) is 5.14. The maximum atomic E-state index is 12.8. The van der Waals surface area contributed by atoms with Crippen LogP contribution in [0.2, 0.25) is 0 Å². The molecule has 172 valence electrons. The lowest BCUT2D eigenvalue weighted by Gasteiger charge is -2.11. The van der Waals surface area contributed by atoms with Crippen molar-refractivity contribution in [2.75, 3.05) is 6.61 Å². The summed E-state index contributed by atoms with van der Waals surface area (Å²) in [6.45, 7) is 6.06. The maximum Gasteiger partial charge on any atom is 0.348 e. The normalized spacial score (nSPS) is 12.2. The highest BCUT2D eigenvalue weighted by molar-refractivity contribution is 7.99. The summed E-state index contributed by atoms with van der Waals surface area (Å²) in [5.74, 6) is -0.0143. The number of fused-ring (bicyclic) bond motifs is 1. The number of thiophene rings is 1. The number of aromatic amines is 2. The molecule has 0 aliphatic heterocycles. The fourth-order valence-corrected chi connectivity index (χ4v) is 5.46. The Kier molecular flexibility index (Phi) is 6.80. The molecule has 4 aromatic rings. The first-order valence-electron chi connectivity index (χ1n) is 10.4. The molecule has 0 fully saturated rings. The molecule has 0 amide bonds. The van der Waals surface area contributed by atoms with E-state index in [1.54, 1.807) is 18.4 Å². The van der Waals surface area contributed by atoms with Crippen LogP contribution in [-0.4, -0.2) is 37.3 Å². The van der Waals surface area contributed by atoms with Crippen LogP contribution in [-0.2, 0) is 17.7 Å². The zero-order chi connectivity index (χ0) is 23.5. The van der Waals surface area contributed by atoms with E-state index in [4.69, 9.17) is 4.74 Å². The van der Waals surface area contributed by atoms with Crippen LogP contribution in [0.5, 0.6) is 0 Å². The van der Waals surface area contributed by atoms with Crippen molar-refractivity contribution in [2.45, 2.75) is 44.1 Å². The molecular weight excluding hydrogens is 462 g/mol. The highest BCUT2D eigenvalue weighted by Crippen LogP contribution is 2.33. The van der Waals surface area contributed by atoms with Crippen LogP contribution in [0.15, 0.2) is 45.1 Å². The zero-order valence-corrected chi connectivity index (χ0v) is 20.0. The molecule has 0 radical (unpaired) electrons. The average molecular weight is 486 g/mol. The summed E-state index contributed by atoms with van der Waals surface area (Å²) in [5, 5.41) is 7.27. The second-order valence-corrected chi connectivity index (χ2v) is 9.67. The van der Waals surface area contributed by atoms with Crippen molar-refractivity contribution in [3.05, 3.63) is 73.0 Å². The van der Waals surface area contributed by atoms with Crippen molar-refractivity contribution in [2.24, 2.45) is 0 Å². The molecule has 2 N–H and O–H groups in total. The van der Waals surface area contributed by atoms with E-state index in [-0.39, 0.29) is 23.1 Å². The number of nitrogens with one attached hydrogen (secondary N) is 2. The summed E-state index contributed by atoms with van der Waals surface area (Å²) in [7, 11) is 0. The Labute approximate surface area is 197 Å². The van der Waals surface area contributed by atoms with Crippen LogP contribution in [0.4, 0.5) is 0 Å². The van der Waals surface area contributed by atoms with Gasteiger partial charge in [0.1, 0.15) is 15.5 Å². The van der Waals surface area contributed by atoms with Gasteiger partial charge < -0.3 is 9.72 Å². The van der Waals surface area contributed by atoms with Crippen LogP contribution in [0.1, 0.15) is 45.7 Å². The Morgan fingerprint density at radius 1 is 1.27 bits per heavy atom. The Morgan fingerprint density at radius 3 is 2.76 bits per heavy atom. The van der Waals surface area contributed by atoms with E-state index < -0.39 is 5.97 Å². The minimum Gasteiger partial charge on any atom is -0.462 e. The van der Waals surface area contributed by atoms with E-state index >= 15 is 0 Å². The van der Waals surface area contributed by atoms with Crippen molar-refractivity contribution in [1.82, 2.24) is 24.7 Å². The van der Waals surface area contributed by atoms with Gasteiger partial charge in [-0.2, -0.15) is 0 Å². The number of aryl methyl sites for hydroxylation is 2. The van der Waals surface area contributed by atoms with E-state index in [1.165, 1.54) is 11.8 Å². The molecule has 3 heterocycles. The monoisotopic (exact) mass is 485 g/mol. The van der Waals surface area contributed by atoms with E-state index in [1.807, 2.05) is 37.3 Å². The molecule has 0 saturated carbocycles. The number of benzene rings is 1. The topological polar surface area (TPSA) is 123 Å². The molecule has 0 bridgehead atoms. The number of hydrogen-bond acceptors (Lipinski definition) is 8. The first-order chi connectivity index (χ1) is 15.9. The molecule has 0 spiro atoms. The van der Waals surface area contributed by atoms with Crippen LogP contribution in [0.3, 0.4) is 0 Å². The SMILES string of the molecule is CCOC(=O)c1sc2nc(C(C)Sc3n[nH]c(=O)n3CCc3ccccc3)[nH]c(=O)c2c1C. The number of thioether (sulfide) groups is 1. The first-order valence-corrected chi connectivity index (χ1v) is 12.1. The van der Waals surface area contributed by atoms with E-state index in [9.17, 15) is 14.4 Å². The number of hydrogen-bond donors (Lipinski definition) is 2. The van der Waals surface area contributed by atoms with Gasteiger partial charge in [-0.15, -0.1) is 16.4 Å². The third kappa shape index (κ3) is 4.79. The average Bonchev–Trinajstić information content (AvgIpc) is 3.32. The second kappa shape index (κ2) is 9.75. The molecule has 9 nitrogen and oxygen atoms in total. The highest BCUT2D eigenvalue weighted by Gasteiger charge is 2.22. The number of nitrogens with zero attached hydrogens (tertiary/aromatic N) is 3. The Hall–Kier alpha value is -3.18. The van der Waals surface area contributed by atoms with Crippen molar-refractivity contribution in [1.29, 1.82) is 0 Å². The van der Waals surface area contributed by atoms with Gasteiger partial charge in [0, 0.05) is 6.54 Å². The standard InChI is InChI=1S/C22H23N5O4S2/c1-4-31-20(29)16-12(2)15-18(28)23-17(24-19(15)33-16)13(3)32-22-26-25-21(30)27(22)11-10-14-8-6-5-7-9-14/h5-9,13H,4,10-11H2,1-3H3,(H,25,30)(H,23,24,28). The van der Waals surface area contributed by atoms with Crippen LogP contribution < -0.4 is 11.2 Å². The van der Waals surface area contributed by atoms with E-state index in [0.29, 0.717) is 44.6 Å². The number of carbonyl (C=O) groups is 1. The lowest BCUT2D eigenvalue weighted by molar-refractivity contribution is 0.0531. The van der Waals surface area contributed by atoms with Gasteiger partial charge in [0.05, 0.1) is 17.2 Å². The highest BCUT2D eigenvalue weighted by atomic mass is 32.2. The van der Waals surface area contributed by atoms with E-state index in [2.05, 4.69) is 20.2 Å². The molecule has 0 aliphatic carbocycles. The summed E-state index contributed by atoms with van der Waals surface area (Å²) < 4.78 is 6.67. The van der Waals surface area contributed by atoms with Crippen molar-refractivity contribution >= 4 is 39.3 Å². The van der Waals surface area contributed by atoms with Crippen LogP contribution in [0.25, 0.3) is 10.2 Å². The molecule has 3 aromatic heterocycles. The van der Waals surface area contributed by atoms with Gasteiger partial charge in [-0.1, -0.05) is 42.1 Å². The van der Waals surface area contributed by atoms with Gasteiger partial charge in [0.15, 0.2) is 5.16 Å².